The molecule has 3 N–H and O–H groups in total. The molecule has 0 radical (unpaired) electrons. The molecule has 1 heterocycles. The molecule has 0 spiro atoms. The van der Waals surface area contributed by atoms with Crippen molar-refractivity contribution in [3.63, 3.8) is 0 Å². The van der Waals surface area contributed by atoms with Crippen LogP contribution in [0, 0.1) is 12.3 Å². The summed E-state index contributed by atoms with van der Waals surface area (Å²) >= 11 is 0. The van der Waals surface area contributed by atoms with Crippen molar-refractivity contribution in [2.24, 2.45) is 5.84 Å². The number of rotatable bonds is 7. The number of nitrogens with zero attached hydrogens (tertiary/aromatic N) is 2. The zero-order valence-electron chi connectivity index (χ0n) is 9.77. The molecule has 0 aliphatic carbocycles. The molecule has 0 aliphatic rings. The number of nitrogen functional groups attached to an aromatic ring is 1. The fourth-order valence-electron chi connectivity index (χ4n) is 1.09. The first-order valence-corrected chi connectivity index (χ1v) is 5.28. The highest BCUT2D eigenvalue weighted by atomic mass is 16.5. The predicted molar refractivity (Wildman–Crippen MR) is 64.1 cm³/mol. The standard InChI is InChI=1S/C11H16N4O2/c1-3-5-6-17-11-7-9(15-12)13-10(14-11)8-16-4-2/h1,7H,4-6,8,12H2,2H3,(H,13,14,15). The number of nitrogens with two attached hydrogens (primary N) is 1. The Hall–Kier alpha value is -1.84. The maximum atomic E-state index is 5.36. The van der Waals surface area contributed by atoms with Gasteiger partial charge >= 0.3 is 0 Å². The van der Waals surface area contributed by atoms with Crippen molar-refractivity contribution in [3.8, 4) is 18.2 Å². The minimum atomic E-state index is 0.317. The van der Waals surface area contributed by atoms with Crippen LogP contribution in [-0.2, 0) is 11.3 Å². The first kappa shape index (κ1) is 13.2. The summed E-state index contributed by atoms with van der Waals surface area (Å²) in [5.74, 6) is 9.20. The Kier molecular flexibility index (Phi) is 5.79. The summed E-state index contributed by atoms with van der Waals surface area (Å²) in [6.45, 7) is 3.22. The summed E-state index contributed by atoms with van der Waals surface area (Å²) in [5.41, 5.74) is 2.45. The number of anilines is 1. The van der Waals surface area contributed by atoms with E-state index in [4.69, 9.17) is 21.7 Å². The molecule has 0 amide bonds. The van der Waals surface area contributed by atoms with E-state index in [1.807, 2.05) is 6.92 Å². The fraction of sp³-hybridized carbons (Fsp3) is 0.455. The average molecular weight is 236 g/mol. The summed E-state index contributed by atoms with van der Waals surface area (Å²) in [7, 11) is 0. The van der Waals surface area contributed by atoms with Gasteiger partial charge in [0.15, 0.2) is 5.82 Å². The summed E-state index contributed by atoms with van der Waals surface area (Å²) in [6, 6.07) is 1.60. The summed E-state index contributed by atoms with van der Waals surface area (Å²) < 4.78 is 10.6. The van der Waals surface area contributed by atoms with Gasteiger partial charge in [-0.05, 0) is 6.92 Å². The predicted octanol–water partition coefficient (Wildman–Crippen LogP) is 0.701. The van der Waals surface area contributed by atoms with Crippen molar-refractivity contribution >= 4 is 5.82 Å². The maximum absolute atomic E-state index is 5.36. The molecule has 0 aliphatic heterocycles. The van der Waals surface area contributed by atoms with E-state index in [0.717, 1.165) is 0 Å². The van der Waals surface area contributed by atoms with Gasteiger partial charge in [-0.15, -0.1) is 12.3 Å². The highest BCUT2D eigenvalue weighted by Gasteiger charge is 2.04. The second-order valence-electron chi connectivity index (χ2n) is 3.09. The highest BCUT2D eigenvalue weighted by molar-refractivity contribution is 5.36. The molecule has 0 aromatic carbocycles. The van der Waals surface area contributed by atoms with Gasteiger partial charge in [-0.3, -0.25) is 0 Å². The van der Waals surface area contributed by atoms with Crippen molar-refractivity contribution in [2.75, 3.05) is 18.6 Å². The lowest BCUT2D eigenvalue weighted by molar-refractivity contribution is 0.127. The monoisotopic (exact) mass is 236 g/mol. The molecule has 1 aromatic heterocycles. The van der Waals surface area contributed by atoms with Crippen LogP contribution in [0.1, 0.15) is 19.2 Å². The third-order valence-corrected chi connectivity index (χ3v) is 1.83. The molecule has 1 aromatic rings. The quantitative estimate of drug-likeness (QED) is 0.314. The second-order valence-corrected chi connectivity index (χ2v) is 3.09. The molecule has 92 valence electrons. The lowest BCUT2D eigenvalue weighted by Gasteiger charge is -2.08. The fourth-order valence-corrected chi connectivity index (χ4v) is 1.09. The van der Waals surface area contributed by atoms with E-state index in [-0.39, 0.29) is 0 Å². The van der Waals surface area contributed by atoms with Crippen LogP contribution < -0.4 is 16.0 Å². The van der Waals surface area contributed by atoms with E-state index < -0.39 is 0 Å². The van der Waals surface area contributed by atoms with Gasteiger partial charge < -0.3 is 14.9 Å². The van der Waals surface area contributed by atoms with Crippen molar-refractivity contribution < 1.29 is 9.47 Å². The Morgan fingerprint density at radius 3 is 3.00 bits per heavy atom. The van der Waals surface area contributed by atoms with E-state index in [1.54, 1.807) is 6.07 Å². The molecule has 0 unspecified atom stereocenters. The average Bonchev–Trinajstić information content (AvgIpc) is 2.36. The third-order valence-electron chi connectivity index (χ3n) is 1.83. The van der Waals surface area contributed by atoms with E-state index in [2.05, 4.69) is 21.3 Å². The van der Waals surface area contributed by atoms with Gasteiger partial charge in [0.2, 0.25) is 5.88 Å². The van der Waals surface area contributed by atoms with E-state index in [9.17, 15) is 0 Å². The van der Waals surface area contributed by atoms with Crippen LogP contribution in [0.3, 0.4) is 0 Å². The number of hydrogen-bond acceptors (Lipinski definition) is 6. The molecule has 0 atom stereocenters. The number of terminal acetylenes is 1. The molecule has 1 rings (SSSR count). The smallest absolute Gasteiger partial charge is 0.218 e. The Labute approximate surface area is 101 Å². The van der Waals surface area contributed by atoms with E-state index in [1.165, 1.54) is 0 Å². The summed E-state index contributed by atoms with van der Waals surface area (Å²) in [4.78, 5) is 8.29. The number of aromatic nitrogens is 2. The lowest BCUT2D eigenvalue weighted by atomic mass is 10.5. The number of hydrogen-bond donors (Lipinski definition) is 2. The topological polar surface area (TPSA) is 82.3 Å². The molecular weight excluding hydrogens is 220 g/mol. The van der Waals surface area contributed by atoms with E-state index >= 15 is 0 Å². The first-order chi connectivity index (χ1) is 8.30. The van der Waals surface area contributed by atoms with Crippen molar-refractivity contribution in [1.82, 2.24) is 9.97 Å². The van der Waals surface area contributed by atoms with Crippen LogP contribution >= 0.6 is 0 Å². The summed E-state index contributed by atoms with van der Waals surface area (Å²) in [5, 5.41) is 0. The number of ether oxygens (including phenoxy) is 2. The Bertz CT molecular complexity index is 390. The van der Waals surface area contributed by atoms with Crippen LogP contribution in [0.15, 0.2) is 6.07 Å². The summed E-state index contributed by atoms with van der Waals surface area (Å²) in [6.07, 6.45) is 5.65. The number of hydrazine groups is 1. The van der Waals surface area contributed by atoms with Gasteiger partial charge in [0.1, 0.15) is 19.0 Å². The first-order valence-electron chi connectivity index (χ1n) is 5.28. The van der Waals surface area contributed by atoms with Gasteiger partial charge in [0.25, 0.3) is 0 Å². The SMILES string of the molecule is C#CCCOc1cc(NN)nc(COCC)n1. The molecule has 6 nitrogen and oxygen atoms in total. The molecular formula is C11H16N4O2. The minimum absolute atomic E-state index is 0.317. The van der Waals surface area contributed by atoms with Crippen LogP contribution in [-0.4, -0.2) is 23.2 Å². The van der Waals surface area contributed by atoms with Crippen LogP contribution in [0.25, 0.3) is 0 Å². The largest absolute Gasteiger partial charge is 0.477 e. The van der Waals surface area contributed by atoms with Crippen molar-refractivity contribution in [3.05, 3.63) is 11.9 Å². The Morgan fingerprint density at radius 2 is 2.35 bits per heavy atom. The van der Waals surface area contributed by atoms with E-state index in [0.29, 0.717) is 43.8 Å². The van der Waals surface area contributed by atoms with Crippen molar-refractivity contribution in [2.45, 2.75) is 20.0 Å². The maximum Gasteiger partial charge on any atom is 0.218 e. The van der Waals surface area contributed by atoms with Crippen LogP contribution in [0.5, 0.6) is 5.88 Å². The molecule has 6 heteroatoms. The van der Waals surface area contributed by atoms with Gasteiger partial charge in [0.05, 0.1) is 0 Å². The Morgan fingerprint density at radius 1 is 1.53 bits per heavy atom. The van der Waals surface area contributed by atoms with Gasteiger partial charge in [0, 0.05) is 19.1 Å². The van der Waals surface area contributed by atoms with Gasteiger partial charge in [-0.25, -0.2) is 10.8 Å². The lowest BCUT2D eigenvalue weighted by Crippen LogP contribution is -2.12. The van der Waals surface area contributed by atoms with Crippen LogP contribution in [0.2, 0.25) is 0 Å². The molecule has 0 saturated carbocycles. The molecule has 0 fully saturated rings. The van der Waals surface area contributed by atoms with Crippen molar-refractivity contribution in [1.29, 1.82) is 0 Å². The minimum Gasteiger partial charge on any atom is -0.477 e. The Balaban J connectivity index is 2.71. The molecule has 0 saturated heterocycles. The third kappa shape index (κ3) is 4.68. The van der Waals surface area contributed by atoms with Gasteiger partial charge in [-0.1, -0.05) is 0 Å². The van der Waals surface area contributed by atoms with Crippen LogP contribution in [0.4, 0.5) is 5.82 Å². The zero-order valence-corrected chi connectivity index (χ0v) is 9.77. The number of nitrogens with one attached hydrogen (secondary N) is 1. The molecule has 17 heavy (non-hydrogen) atoms. The second kappa shape index (κ2) is 7.44. The zero-order chi connectivity index (χ0) is 12.5. The van der Waals surface area contributed by atoms with Gasteiger partial charge in [-0.2, -0.15) is 4.98 Å². The normalized spacial score (nSPS) is 9.71. The molecule has 0 bridgehead atoms. The highest BCUT2D eigenvalue weighted by Crippen LogP contribution is 2.13.